The molecule has 0 saturated heterocycles. The minimum atomic E-state index is -0.0784. The number of rotatable bonds is 2. The molecule has 0 aliphatic rings. The molecule has 0 fully saturated rings. The smallest absolute Gasteiger partial charge is 0.206 e. The van der Waals surface area contributed by atoms with Gasteiger partial charge in [-0.05, 0) is 34.9 Å². The summed E-state index contributed by atoms with van der Waals surface area (Å²) >= 11 is 0. The Kier molecular flexibility index (Phi) is 5.08. The van der Waals surface area contributed by atoms with Crippen LogP contribution in [0.15, 0.2) is 72.8 Å². The van der Waals surface area contributed by atoms with Gasteiger partial charge >= 0.3 is 0 Å². The maximum absolute atomic E-state index is 11.9. The van der Waals surface area contributed by atoms with Crippen molar-refractivity contribution in [2.45, 2.75) is 12.8 Å². The number of hydrogen-bond acceptors (Lipinski definition) is 1. The Bertz CT molecular complexity index is 971. The Labute approximate surface area is 142 Å². The Morgan fingerprint density at radius 2 is 1.54 bits per heavy atom. The molecule has 3 aromatic rings. The number of fused-ring (bicyclic) bond motifs is 1. The molecule has 0 saturated carbocycles. The zero-order valence-corrected chi connectivity index (χ0v) is 13.3. The molecular weight excluding hydrogens is 292 g/mol. The van der Waals surface area contributed by atoms with Crippen LogP contribution in [0.5, 0.6) is 0 Å². The number of Topliss-reactive ketones (excluding diaryl/α,β-unsaturated/α-hetero) is 1. The summed E-state index contributed by atoms with van der Waals surface area (Å²) in [4.78, 5) is 11.9. The van der Waals surface area contributed by atoms with Gasteiger partial charge in [0.1, 0.15) is 0 Å². The third-order valence-electron chi connectivity index (χ3n) is 3.61. The number of benzene rings is 3. The highest BCUT2D eigenvalue weighted by atomic mass is 16.1. The van der Waals surface area contributed by atoms with Crippen molar-refractivity contribution >= 4 is 16.6 Å². The van der Waals surface area contributed by atoms with Gasteiger partial charge in [0.15, 0.2) is 0 Å². The molecule has 3 rings (SSSR count). The minimum Gasteiger partial charge on any atom is -0.285 e. The van der Waals surface area contributed by atoms with Gasteiger partial charge in [0.05, 0.1) is 0 Å². The molecule has 0 amide bonds. The number of carbonyl (C=O) groups is 1. The van der Waals surface area contributed by atoms with E-state index in [9.17, 15) is 4.79 Å². The van der Waals surface area contributed by atoms with Gasteiger partial charge in [-0.2, -0.15) is 0 Å². The standard InChI is InChI=1S/C23H16O/c24-22(15-6-4-11-19-9-2-1-3-10-19)18-17-21-14-8-13-20-12-5-7-16-23(20)21/h1-3,5,7-10,12-14,16H,6,15H2. The van der Waals surface area contributed by atoms with E-state index in [0.29, 0.717) is 12.8 Å². The van der Waals surface area contributed by atoms with Gasteiger partial charge in [-0.25, -0.2) is 0 Å². The third kappa shape index (κ3) is 4.13. The quantitative estimate of drug-likeness (QED) is 0.633. The highest BCUT2D eigenvalue weighted by Gasteiger charge is 1.98. The van der Waals surface area contributed by atoms with E-state index in [0.717, 1.165) is 21.9 Å². The molecule has 0 N–H and O–H groups in total. The van der Waals surface area contributed by atoms with E-state index in [1.54, 1.807) is 0 Å². The third-order valence-corrected chi connectivity index (χ3v) is 3.61. The van der Waals surface area contributed by atoms with Crippen molar-refractivity contribution in [3.8, 4) is 23.7 Å². The monoisotopic (exact) mass is 308 g/mol. The van der Waals surface area contributed by atoms with E-state index in [4.69, 9.17) is 0 Å². The van der Waals surface area contributed by atoms with Crippen LogP contribution in [0.3, 0.4) is 0 Å². The summed E-state index contributed by atoms with van der Waals surface area (Å²) in [5.74, 6) is 11.7. The van der Waals surface area contributed by atoms with Crippen molar-refractivity contribution in [2.75, 3.05) is 0 Å². The highest BCUT2D eigenvalue weighted by Crippen LogP contribution is 2.17. The van der Waals surface area contributed by atoms with E-state index in [2.05, 4.69) is 23.7 Å². The lowest BCUT2D eigenvalue weighted by Crippen LogP contribution is -1.92. The molecule has 24 heavy (non-hydrogen) atoms. The molecule has 0 unspecified atom stereocenters. The lowest BCUT2D eigenvalue weighted by molar-refractivity contribution is -0.113. The van der Waals surface area contributed by atoms with E-state index in [1.165, 1.54) is 0 Å². The first-order valence-corrected chi connectivity index (χ1v) is 7.89. The van der Waals surface area contributed by atoms with E-state index in [1.807, 2.05) is 72.8 Å². The van der Waals surface area contributed by atoms with Crippen LogP contribution < -0.4 is 0 Å². The first-order valence-electron chi connectivity index (χ1n) is 7.89. The van der Waals surface area contributed by atoms with Crippen LogP contribution in [-0.4, -0.2) is 5.78 Å². The fraction of sp³-hybridized carbons (Fsp3) is 0.0870. The first-order chi connectivity index (χ1) is 11.8. The highest BCUT2D eigenvalue weighted by molar-refractivity contribution is 5.97. The molecule has 1 nitrogen and oxygen atoms in total. The van der Waals surface area contributed by atoms with Crippen LogP contribution in [0.1, 0.15) is 24.0 Å². The van der Waals surface area contributed by atoms with Crippen molar-refractivity contribution in [2.24, 2.45) is 0 Å². The van der Waals surface area contributed by atoms with Crippen molar-refractivity contribution in [1.82, 2.24) is 0 Å². The second-order valence-electron chi connectivity index (χ2n) is 5.37. The van der Waals surface area contributed by atoms with Crippen LogP contribution in [0.4, 0.5) is 0 Å². The first kappa shape index (κ1) is 15.6. The molecule has 3 aromatic carbocycles. The largest absolute Gasteiger partial charge is 0.285 e. The van der Waals surface area contributed by atoms with Gasteiger partial charge in [0.25, 0.3) is 0 Å². The lowest BCUT2D eigenvalue weighted by atomic mass is 10.0. The molecule has 0 spiro atoms. The van der Waals surface area contributed by atoms with Crippen molar-refractivity contribution < 1.29 is 4.79 Å². The van der Waals surface area contributed by atoms with Gasteiger partial charge in [0.2, 0.25) is 5.78 Å². The number of ketones is 1. The molecule has 0 aliphatic heterocycles. The minimum absolute atomic E-state index is 0.0784. The summed E-state index contributed by atoms with van der Waals surface area (Å²) in [6.07, 6.45) is 0.884. The van der Waals surface area contributed by atoms with Crippen LogP contribution >= 0.6 is 0 Å². The molecule has 0 bridgehead atoms. The molecule has 0 aliphatic carbocycles. The average molecular weight is 308 g/mol. The normalized spacial score (nSPS) is 9.50. The van der Waals surface area contributed by atoms with Gasteiger partial charge in [-0.3, -0.25) is 4.79 Å². The van der Waals surface area contributed by atoms with Crippen molar-refractivity contribution in [1.29, 1.82) is 0 Å². The van der Waals surface area contributed by atoms with Gasteiger partial charge in [0, 0.05) is 24.0 Å². The van der Waals surface area contributed by atoms with Gasteiger partial charge < -0.3 is 0 Å². The molecule has 0 aromatic heterocycles. The van der Waals surface area contributed by atoms with Gasteiger partial charge in [-0.1, -0.05) is 72.4 Å². The SMILES string of the molecule is O=C(C#Cc1cccc2ccccc12)CCC#Cc1ccccc1. The molecule has 0 radical (unpaired) electrons. The van der Waals surface area contributed by atoms with Crippen LogP contribution in [0.25, 0.3) is 10.8 Å². The summed E-state index contributed by atoms with van der Waals surface area (Å²) in [6, 6.07) is 23.8. The second kappa shape index (κ2) is 7.82. The second-order valence-corrected chi connectivity index (χ2v) is 5.37. The molecule has 114 valence electrons. The van der Waals surface area contributed by atoms with Crippen LogP contribution in [-0.2, 0) is 4.79 Å². The molecule has 0 atom stereocenters. The fourth-order valence-corrected chi connectivity index (χ4v) is 2.40. The Hall–Kier alpha value is -3.29. The van der Waals surface area contributed by atoms with Crippen molar-refractivity contribution in [3.05, 3.63) is 83.9 Å². The fourth-order valence-electron chi connectivity index (χ4n) is 2.40. The molecular formula is C23H16O. The number of hydrogen-bond donors (Lipinski definition) is 0. The number of carbonyl (C=O) groups excluding carboxylic acids is 1. The Morgan fingerprint density at radius 1 is 0.792 bits per heavy atom. The summed E-state index contributed by atoms with van der Waals surface area (Å²) in [5.41, 5.74) is 1.85. The molecule has 0 heterocycles. The maximum atomic E-state index is 11.9. The average Bonchev–Trinajstić information content (AvgIpc) is 2.64. The summed E-state index contributed by atoms with van der Waals surface area (Å²) < 4.78 is 0. The summed E-state index contributed by atoms with van der Waals surface area (Å²) in [7, 11) is 0. The predicted octanol–water partition coefficient (Wildman–Crippen LogP) is 4.59. The van der Waals surface area contributed by atoms with E-state index in [-0.39, 0.29) is 5.78 Å². The van der Waals surface area contributed by atoms with Crippen LogP contribution in [0.2, 0.25) is 0 Å². The maximum Gasteiger partial charge on any atom is 0.206 e. The van der Waals surface area contributed by atoms with Gasteiger partial charge in [-0.15, -0.1) is 0 Å². The lowest BCUT2D eigenvalue weighted by Gasteiger charge is -1.99. The van der Waals surface area contributed by atoms with Crippen molar-refractivity contribution in [3.63, 3.8) is 0 Å². The zero-order valence-electron chi connectivity index (χ0n) is 13.3. The van der Waals surface area contributed by atoms with E-state index < -0.39 is 0 Å². The topological polar surface area (TPSA) is 17.1 Å². The zero-order chi connectivity index (χ0) is 16.6. The predicted molar refractivity (Wildman–Crippen MR) is 98.4 cm³/mol. The van der Waals surface area contributed by atoms with Crippen LogP contribution in [0, 0.1) is 23.7 Å². The molecule has 1 heteroatoms. The Balaban J connectivity index is 1.64. The summed E-state index contributed by atoms with van der Waals surface area (Å²) in [6.45, 7) is 0. The summed E-state index contributed by atoms with van der Waals surface area (Å²) in [5, 5.41) is 2.20. The Morgan fingerprint density at radius 3 is 2.42 bits per heavy atom. The van der Waals surface area contributed by atoms with E-state index >= 15 is 0 Å².